The number of benzene rings is 1. The molecule has 2 aliphatic heterocycles. The van der Waals surface area contributed by atoms with Gasteiger partial charge in [0.1, 0.15) is 0 Å². The lowest BCUT2D eigenvalue weighted by Crippen LogP contribution is -2.62. The Morgan fingerprint density at radius 2 is 2.03 bits per heavy atom. The Morgan fingerprint density at radius 1 is 1.28 bits per heavy atom. The number of sulfonamides is 1. The third-order valence-corrected chi connectivity index (χ3v) is 7.81. The lowest BCUT2D eigenvalue weighted by Gasteiger charge is -2.50. The number of hydrogen-bond acceptors (Lipinski definition) is 6. The Morgan fingerprint density at radius 3 is 2.66 bits per heavy atom. The average Bonchev–Trinajstić information content (AvgIpc) is 3.24. The van der Waals surface area contributed by atoms with Crippen LogP contribution >= 0.6 is 0 Å². The molecule has 4 rings (SSSR count). The molecular formula is C20H26N4O4S. The van der Waals surface area contributed by atoms with Crippen LogP contribution in [-0.2, 0) is 21.2 Å². The summed E-state index contributed by atoms with van der Waals surface area (Å²) >= 11 is 0. The number of carbonyl (C=O) groups is 1. The molecule has 1 atom stereocenters. The van der Waals surface area contributed by atoms with Crippen LogP contribution in [0.15, 0.2) is 28.8 Å². The van der Waals surface area contributed by atoms with E-state index in [0.717, 1.165) is 11.1 Å². The van der Waals surface area contributed by atoms with Gasteiger partial charge in [-0.05, 0) is 26.3 Å². The molecule has 1 unspecified atom stereocenters. The van der Waals surface area contributed by atoms with Crippen molar-refractivity contribution in [2.75, 3.05) is 31.9 Å². The van der Waals surface area contributed by atoms with Crippen molar-refractivity contribution < 1.29 is 17.7 Å². The molecule has 0 saturated carbocycles. The van der Waals surface area contributed by atoms with E-state index < -0.39 is 10.0 Å². The molecule has 2 fully saturated rings. The van der Waals surface area contributed by atoms with Gasteiger partial charge in [-0.3, -0.25) is 4.79 Å². The molecule has 9 heteroatoms. The monoisotopic (exact) mass is 418 g/mol. The molecule has 1 aromatic carbocycles. The number of amides is 1. The molecule has 2 saturated heterocycles. The minimum Gasteiger partial charge on any atom is -0.341 e. The third-order valence-electron chi connectivity index (χ3n) is 6.02. The molecule has 2 aliphatic rings. The first kappa shape index (κ1) is 20.0. The molecule has 0 bridgehead atoms. The van der Waals surface area contributed by atoms with Crippen molar-refractivity contribution >= 4 is 15.9 Å². The molecule has 1 aromatic heterocycles. The Labute approximate surface area is 170 Å². The zero-order valence-electron chi connectivity index (χ0n) is 17.0. The quantitative estimate of drug-likeness (QED) is 0.730. The summed E-state index contributed by atoms with van der Waals surface area (Å²) in [6, 6.07) is 7.93. The van der Waals surface area contributed by atoms with E-state index in [1.54, 1.807) is 18.7 Å². The van der Waals surface area contributed by atoms with Crippen molar-refractivity contribution in [2.45, 2.75) is 33.1 Å². The zero-order chi connectivity index (χ0) is 20.8. The largest absolute Gasteiger partial charge is 0.341 e. The van der Waals surface area contributed by atoms with Crippen molar-refractivity contribution in [3.05, 3.63) is 47.1 Å². The highest BCUT2D eigenvalue weighted by molar-refractivity contribution is 7.89. The minimum atomic E-state index is -3.33. The molecule has 0 radical (unpaired) electrons. The molecule has 1 spiro atoms. The normalized spacial score (nSPS) is 21.5. The van der Waals surface area contributed by atoms with Crippen molar-refractivity contribution in [2.24, 2.45) is 5.41 Å². The fourth-order valence-electron chi connectivity index (χ4n) is 4.43. The first-order chi connectivity index (χ1) is 13.7. The van der Waals surface area contributed by atoms with Crippen LogP contribution in [0, 0.1) is 19.3 Å². The molecule has 1 amide bonds. The first-order valence-corrected chi connectivity index (χ1v) is 11.4. The molecule has 29 heavy (non-hydrogen) atoms. The van der Waals surface area contributed by atoms with Gasteiger partial charge in [-0.1, -0.05) is 35.0 Å². The topological polar surface area (TPSA) is 96.6 Å². The van der Waals surface area contributed by atoms with Crippen molar-refractivity contribution in [1.82, 2.24) is 19.3 Å². The highest BCUT2D eigenvalue weighted by Gasteiger charge is 2.59. The predicted octanol–water partition coefficient (Wildman–Crippen LogP) is 1.51. The predicted molar refractivity (Wildman–Crippen MR) is 107 cm³/mol. The lowest BCUT2D eigenvalue weighted by atomic mass is 9.71. The summed E-state index contributed by atoms with van der Waals surface area (Å²) in [5.41, 5.74) is 1.74. The molecule has 8 nitrogen and oxygen atoms in total. The maximum absolute atomic E-state index is 12.8. The van der Waals surface area contributed by atoms with Crippen LogP contribution in [0.25, 0.3) is 0 Å². The van der Waals surface area contributed by atoms with Gasteiger partial charge >= 0.3 is 0 Å². The maximum Gasteiger partial charge on any atom is 0.231 e. The molecule has 0 N–H and O–H groups in total. The Bertz CT molecular complexity index is 1030. The SMILES string of the molecule is CCS(=O)(=O)N1CC(c2nc(C)no2)C2(CN(C(=O)Cc3cccc(C)c3)C2)C1. The van der Waals surface area contributed by atoms with E-state index in [1.807, 2.05) is 31.2 Å². The lowest BCUT2D eigenvalue weighted by molar-refractivity contribution is -0.142. The van der Waals surface area contributed by atoms with E-state index in [2.05, 4.69) is 10.1 Å². The number of aromatic nitrogens is 2. The highest BCUT2D eigenvalue weighted by Crippen LogP contribution is 2.49. The molecule has 3 heterocycles. The number of carbonyl (C=O) groups excluding carboxylic acids is 1. The van der Waals surface area contributed by atoms with Crippen LogP contribution in [0.2, 0.25) is 0 Å². The van der Waals surface area contributed by atoms with Gasteiger partial charge in [0.15, 0.2) is 5.82 Å². The van der Waals surface area contributed by atoms with Gasteiger partial charge in [0.05, 0.1) is 18.1 Å². The van der Waals surface area contributed by atoms with Crippen LogP contribution in [0.3, 0.4) is 0 Å². The summed E-state index contributed by atoms with van der Waals surface area (Å²) < 4.78 is 31.9. The highest BCUT2D eigenvalue weighted by atomic mass is 32.2. The standard InChI is InChI=1S/C20H26N4O4S/c1-4-29(26,27)24-10-17(19-21-15(3)22-28-19)20(13-24)11-23(12-20)18(25)9-16-7-5-6-14(2)8-16/h5-8,17H,4,9-13H2,1-3H3. The molecule has 2 aromatic rings. The van der Waals surface area contributed by atoms with Crippen LogP contribution in [0.4, 0.5) is 0 Å². The zero-order valence-corrected chi connectivity index (χ0v) is 17.8. The number of nitrogens with zero attached hydrogens (tertiary/aromatic N) is 4. The van der Waals surface area contributed by atoms with E-state index in [9.17, 15) is 13.2 Å². The summed E-state index contributed by atoms with van der Waals surface area (Å²) in [4.78, 5) is 18.9. The van der Waals surface area contributed by atoms with Crippen LogP contribution in [-0.4, -0.2) is 65.6 Å². The second-order valence-electron chi connectivity index (χ2n) is 8.20. The molecule has 156 valence electrons. The van der Waals surface area contributed by atoms with Gasteiger partial charge in [0.25, 0.3) is 0 Å². The number of aryl methyl sites for hydroxylation is 2. The summed E-state index contributed by atoms with van der Waals surface area (Å²) in [6.07, 6.45) is 0.346. The van der Waals surface area contributed by atoms with E-state index in [1.165, 1.54) is 4.31 Å². The van der Waals surface area contributed by atoms with Crippen LogP contribution in [0.5, 0.6) is 0 Å². The van der Waals surface area contributed by atoms with E-state index in [0.29, 0.717) is 44.3 Å². The molecular weight excluding hydrogens is 392 g/mol. The van der Waals surface area contributed by atoms with E-state index >= 15 is 0 Å². The number of rotatable bonds is 5. The summed E-state index contributed by atoms with van der Waals surface area (Å²) in [5.74, 6) is 0.890. The van der Waals surface area contributed by atoms with E-state index in [4.69, 9.17) is 4.52 Å². The van der Waals surface area contributed by atoms with Gasteiger partial charge in [-0.2, -0.15) is 4.98 Å². The fourth-order valence-corrected chi connectivity index (χ4v) is 5.63. The van der Waals surface area contributed by atoms with Crippen LogP contribution < -0.4 is 0 Å². The van der Waals surface area contributed by atoms with Gasteiger partial charge in [0, 0.05) is 31.6 Å². The minimum absolute atomic E-state index is 0.0503. The number of likely N-dealkylation sites (tertiary alicyclic amines) is 1. The average molecular weight is 419 g/mol. The summed E-state index contributed by atoms with van der Waals surface area (Å²) in [5, 5.41) is 3.88. The van der Waals surface area contributed by atoms with Gasteiger partial charge in [-0.15, -0.1) is 0 Å². The fraction of sp³-hybridized carbons (Fsp3) is 0.550. The van der Waals surface area contributed by atoms with Crippen LogP contribution in [0.1, 0.15) is 35.7 Å². The second-order valence-corrected chi connectivity index (χ2v) is 10.5. The maximum atomic E-state index is 12.8. The summed E-state index contributed by atoms with van der Waals surface area (Å²) in [7, 11) is -3.33. The molecule has 0 aliphatic carbocycles. The third kappa shape index (κ3) is 3.69. The first-order valence-electron chi connectivity index (χ1n) is 9.84. The van der Waals surface area contributed by atoms with Gasteiger partial charge < -0.3 is 9.42 Å². The van der Waals surface area contributed by atoms with Crippen molar-refractivity contribution in [3.63, 3.8) is 0 Å². The Balaban J connectivity index is 1.52. The van der Waals surface area contributed by atoms with Crippen molar-refractivity contribution in [3.8, 4) is 0 Å². The van der Waals surface area contributed by atoms with Gasteiger partial charge in [0.2, 0.25) is 21.8 Å². The smallest absolute Gasteiger partial charge is 0.231 e. The van der Waals surface area contributed by atoms with Gasteiger partial charge in [-0.25, -0.2) is 12.7 Å². The second kappa shape index (κ2) is 7.21. The number of hydrogen-bond donors (Lipinski definition) is 0. The van der Waals surface area contributed by atoms with E-state index in [-0.39, 0.29) is 23.0 Å². The Hall–Kier alpha value is -2.26. The summed E-state index contributed by atoms with van der Waals surface area (Å²) in [6.45, 7) is 7.09. The van der Waals surface area contributed by atoms with Crippen molar-refractivity contribution in [1.29, 1.82) is 0 Å². The Kier molecular flexibility index (Phi) is 4.98.